The minimum absolute atomic E-state index is 0.0587. The molecule has 19 heavy (non-hydrogen) atoms. The minimum Gasteiger partial charge on any atom is -0.386 e. The molecular weight excluding hydrogens is 348 g/mol. The smallest absolute Gasteiger partial charge is 0.305 e. The molecule has 0 spiro atoms. The van der Waals surface area contributed by atoms with E-state index in [0.717, 1.165) is 20.4 Å². The molecule has 1 atom stereocenters. The number of hydrogen-bond donors (Lipinski definition) is 2. The highest BCUT2D eigenvalue weighted by atomic mass is 79.9. The van der Waals surface area contributed by atoms with Crippen molar-refractivity contribution in [3.63, 3.8) is 0 Å². The van der Waals surface area contributed by atoms with Gasteiger partial charge in [0.2, 0.25) is 0 Å². The fourth-order valence-electron chi connectivity index (χ4n) is 1.85. The first-order chi connectivity index (χ1) is 9.11. The second kappa shape index (κ2) is 5.16. The third-order valence-electron chi connectivity index (χ3n) is 2.69. The van der Waals surface area contributed by atoms with Gasteiger partial charge in [-0.2, -0.15) is 0 Å². The minimum atomic E-state index is -0.621. The average Bonchev–Trinajstić information content (AvgIpc) is 2.93. The van der Waals surface area contributed by atoms with E-state index in [-0.39, 0.29) is 4.87 Å². The van der Waals surface area contributed by atoms with Crippen LogP contribution in [0.25, 0.3) is 10.2 Å². The van der Waals surface area contributed by atoms with E-state index >= 15 is 0 Å². The molecule has 0 bridgehead atoms. The molecule has 7 heteroatoms. The van der Waals surface area contributed by atoms with E-state index in [4.69, 9.17) is 0 Å². The Hall–Kier alpha value is -1.02. The van der Waals surface area contributed by atoms with E-state index in [2.05, 4.69) is 25.9 Å². The van der Waals surface area contributed by atoms with Gasteiger partial charge in [0.05, 0.1) is 10.2 Å². The first kappa shape index (κ1) is 13.0. The molecule has 1 aromatic carbocycles. The number of aliphatic hydroxyl groups is 1. The summed E-state index contributed by atoms with van der Waals surface area (Å²) in [6.07, 6.45) is -0.133. The second-order valence-electron chi connectivity index (χ2n) is 4.07. The van der Waals surface area contributed by atoms with Gasteiger partial charge >= 0.3 is 4.87 Å². The largest absolute Gasteiger partial charge is 0.386 e. The maximum Gasteiger partial charge on any atom is 0.305 e. The lowest BCUT2D eigenvalue weighted by atomic mass is 10.1. The molecule has 2 heterocycles. The number of nitrogens with one attached hydrogen (secondary N) is 1. The van der Waals surface area contributed by atoms with Crippen LogP contribution in [-0.4, -0.2) is 15.1 Å². The molecule has 2 N–H and O–H groups in total. The van der Waals surface area contributed by atoms with Crippen molar-refractivity contribution in [2.75, 3.05) is 0 Å². The first-order valence-corrected chi connectivity index (χ1v) is 8.01. The third-order valence-corrected chi connectivity index (χ3v) is 5.19. The Bertz CT molecular complexity index is 777. The lowest BCUT2D eigenvalue weighted by Crippen LogP contribution is -2.01. The molecule has 0 radical (unpaired) electrons. The summed E-state index contributed by atoms with van der Waals surface area (Å²) in [5, 5.41) is 12.7. The van der Waals surface area contributed by atoms with Crippen LogP contribution in [0, 0.1) is 0 Å². The molecule has 0 aliphatic heterocycles. The summed E-state index contributed by atoms with van der Waals surface area (Å²) in [4.78, 5) is 18.2. The van der Waals surface area contributed by atoms with Crippen molar-refractivity contribution in [1.82, 2.24) is 9.97 Å². The van der Waals surface area contributed by atoms with Crippen LogP contribution in [0.5, 0.6) is 0 Å². The molecule has 0 fully saturated rings. The zero-order chi connectivity index (χ0) is 13.4. The highest BCUT2D eigenvalue weighted by Crippen LogP contribution is 2.25. The highest BCUT2D eigenvalue weighted by molar-refractivity contribution is 9.10. The average molecular weight is 357 g/mol. The fraction of sp³-hybridized carbons (Fsp3) is 0.167. The fourth-order valence-corrected chi connectivity index (χ4v) is 3.90. The van der Waals surface area contributed by atoms with Gasteiger partial charge in [-0.15, -0.1) is 11.3 Å². The standard InChI is InChI=1S/C12H9BrN2O2S2/c13-10-5-18-11(15-10)8(16)3-6-1-2-7-9(4-6)19-12(17)14-7/h1-2,4-5,8,16H,3H2,(H,14,17). The molecule has 98 valence electrons. The molecule has 0 aliphatic rings. The van der Waals surface area contributed by atoms with Crippen molar-refractivity contribution in [2.45, 2.75) is 12.5 Å². The summed E-state index contributed by atoms with van der Waals surface area (Å²) in [5.41, 5.74) is 1.83. The SMILES string of the molecule is O=c1[nH]c2ccc(CC(O)c3nc(Br)cs3)cc2s1. The van der Waals surface area contributed by atoms with Crippen molar-refractivity contribution >= 4 is 48.8 Å². The Labute approximate surface area is 124 Å². The predicted molar refractivity (Wildman–Crippen MR) is 80.9 cm³/mol. The summed E-state index contributed by atoms with van der Waals surface area (Å²) >= 11 is 5.88. The Balaban J connectivity index is 1.86. The van der Waals surface area contributed by atoms with Crippen LogP contribution in [0.3, 0.4) is 0 Å². The van der Waals surface area contributed by atoms with Gasteiger partial charge in [0, 0.05) is 11.8 Å². The van der Waals surface area contributed by atoms with Crippen molar-refractivity contribution in [3.8, 4) is 0 Å². The Morgan fingerprint density at radius 2 is 2.32 bits per heavy atom. The summed E-state index contributed by atoms with van der Waals surface area (Å²) in [5.74, 6) is 0. The summed E-state index contributed by atoms with van der Waals surface area (Å²) < 4.78 is 1.65. The van der Waals surface area contributed by atoms with Crippen LogP contribution in [0.15, 0.2) is 33.0 Å². The number of rotatable bonds is 3. The quantitative estimate of drug-likeness (QED) is 0.757. The lowest BCUT2D eigenvalue weighted by molar-refractivity contribution is 0.178. The molecule has 0 saturated carbocycles. The van der Waals surface area contributed by atoms with Crippen molar-refractivity contribution in [2.24, 2.45) is 0 Å². The third kappa shape index (κ3) is 2.79. The number of fused-ring (bicyclic) bond motifs is 1. The van der Waals surface area contributed by atoms with Crippen molar-refractivity contribution in [3.05, 3.63) is 48.4 Å². The molecule has 4 nitrogen and oxygen atoms in total. The van der Waals surface area contributed by atoms with E-state index < -0.39 is 6.10 Å². The zero-order valence-electron chi connectivity index (χ0n) is 9.59. The maximum absolute atomic E-state index is 11.2. The van der Waals surface area contributed by atoms with Crippen LogP contribution < -0.4 is 4.87 Å². The van der Waals surface area contributed by atoms with Crippen molar-refractivity contribution < 1.29 is 5.11 Å². The number of nitrogens with zero attached hydrogens (tertiary/aromatic N) is 1. The summed E-state index contributed by atoms with van der Waals surface area (Å²) in [6, 6.07) is 5.72. The topological polar surface area (TPSA) is 66.0 Å². The molecule has 0 aliphatic carbocycles. The molecule has 2 aromatic heterocycles. The van der Waals surface area contributed by atoms with Gasteiger partial charge in [-0.05, 0) is 33.6 Å². The van der Waals surface area contributed by atoms with E-state index in [0.29, 0.717) is 11.4 Å². The number of aromatic nitrogens is 2. The number of benzene rings is 1. The highest BCUT2D eigenvalue weighted by Gasteiger charge is 2.13. The van der Waals surface area contributed by atoms with Crippen LogP contribution in [0.1, 0.15) is 16.7 Å². The second-order valence-corrected chi connectivity index (χ2v) is 6.79. The Kier molecular flexibility index (Phi) is 3.53. The van der Waals surface area contributed by atoms with E-state index in [9.17, 15) is 9.90 Å². The van der Waals surface area contributed by atoms with Crippen LogP contribution in [-0.2, 0) is 6.42 Å². The van der Waals surface area contributed by atoms with Crippen LogP contribution in [0.2, 0.25) is 0 Å². The molecule has 0 saturated heterocycles. The van der Waals surface area contributed by atoms with Gasteiger partial charge < -0.3 is 10.1 Å². The van der Waals surface area contributed by atoms with Crippen molar-refractivity contribution in [1.29, 1.82) is 0 Å². The number of aliphatic hydroxyl groups excluding tert-OH is 1. The Morgan fingerprint density at radius 1 is 1.47 bits per heavy atom. The number of thiazole rings is 2. The van der Waals surface area contributed by atoms with Gasteiger partial charge in [-0.3, -0.25) is 4.79 Å². The van der Waals surface area contributed by atoms with Crippen LogP contribution in [0.4, 0.5) is 0 Å². The normalized spacial score (nSPS) is 12.9. The Morgan fingerprint density at radius 3 is 3.05 bits per heavy atom. The summed E-state index contributed by atoms with van der Waals surface area (Å²) in [6.45, 7) is 0. The van der Waals surface area contributed by atoms with Gasteiger partial charge in [-0.25, -0.2) is 4.98 Å². The number of halogens is 1. The number of aromatic amines is 1. The molecular formula is C12H9BrN2O2S2. The maximum atomic E-state index is 11.2. The zero-order valence-corrected chi connectivity index (χ0v) is 12.8. The molecule has 1 unspecified atom stereocenters. The van der Waals surface area contributed by atoms with Gasteiger partial charge in [0.25, 0.3) is 0 Å². The van der Waals surface area contributed by atoms with E-state index in [1.54, 1.807) is 0 Å². The van der Waals surface area contributed by atoms with E-state index in [1.807, 2.05) is 23.6 Å². The molecule has 3 rings (SSSR count). The molecule has 3 aromatic rings. The van der Waals surface area contributed by atoms with Gasteiger partial charge in [0.1, 0.15) is 15.7 Å². The molecule has 0 amide bonds. The van der Waals surface area contributed by atoms with Crippen LogP contribution >= 0.6 is 38.6 Å². The summed E-state index contributed by atoms with van der Waals surface area (Å²) in [7, 11) is 0. The number of H-pyrrole nitrogens is 1. The predicted octanol–water partition coefficient (Wildman–Crippen LogP) is 3.08. The van der Waals surface area contributed by atoms with E-state index in [1.165, 1.54) is 22.7 Å². The first-order valence-electron chi connectivity index (χ1n) is 5.52. The number of hydrogen-bond acceptors (Lipinski definition) is 5. The van der Waals surface area contributed by atoms with Gasteiger partial charge in [0.15, 0.2) is 0 Å². The lowest BCUT2D eigenvalue weighted by Gasteiger charge is -2.07. The monoisotopic (exact) mass is 356 g/mol. The van der Waals surface area contributed by atoms with Gasteiger partial charge in [-0.1, -0.05) is 17.4 Å².